The highest BCUT2D eigenvalue weighted by molar-refractivity contribution is 5.95. The molecule has 37 heavy (non-hydrogen) atoms. The van der Waals surface area contributed by atoms with Gasteiger partial charge in [0.25, 0.3) is 5.91 Å². The summed E-state index contributed by atoms with van der Waals surface area (Å²) in [5.41, 5.74) is 2.76. The Kier molecular flexibility index (Phi) is 6.81. The number of hydrogen-bond donors (Lipinski definition) is 1. The highest BCUT2D eigenvalue weighted by atomic mass is 16.2. The Morgan fingerprint density at radius 1 is 0.892 bits per heavy atom. The van der Waals surface area contributed by atoms with E-state index >= 15 is 0 Å². The van der Waals surface area contributed by atoms with Crippen molar-refractivity contribution in [1.82, 2.24) is 30.4 Å². The van der Waals surface area contributed by atoms with E-state index in [0.717, 1.165) is 16.7 Å². The number of carbonyl (C=O) groups excluding carboxylic acids is 2. The van der Waals surface area contributed by atoms with Crippen molar-refractivity contribution in [2.75, 3.05) is 13.1 Å². The summed E-state index contributed by atoms with van der Waals surface area (Å²) in [5, 5.41) is 15.3. The molecule has 0 aliphatic carbocycles. The van der Waals surface area contributed by atoms with Crippen molar-refractivity contribution in [3.8, 4) is 11.4 Å². The van der Waals surface area contributed by atoms with Crippen molar-refractivity contribution >= 4 is 11.8 Å². The van der Waals surface area contributed by atoms with Crippen molar-refractivity contribution in [3.05, 3.63) is 102 Å². The van der Waals surface area contributed by atoms with E-state index in [0.29, 0.717) is 37.3 Å². The molecule has 188 valence electrons. The number of likely N-dealkylation sites (tertiary alicyclic amines) is 1. The number of nitrogens with one attached hydrogen (secondary N) is 1. The molecule has 4 aromatic rings. The van der Waals surface area contributed by atoms with Gasteiger partial charge in [-0.2, -0.15) is 4.80 Å². The molecule has 1 N–H and O–H groups in total. The van der Waals surface area contributed by atoms with Crippen molar-refractivity contribution < 1.29 is 9.59 Å². The summed E-state index contributed by atoms with van der Waals surface area (Å²) in [7, 11) is 1.71. The van der Waals surface area contributed by atoms with Gasteiger partial charge in [-0.15, -0.1) is 10.2 Å². The molecule has 1 saturated heterocycles. The number of amides is 2. The number of aryl methyl sites for hydroxylation is 1. The quantitative estimate of drug-likeness (QED) is 0.439. The summed E-state index contributed by atoms with van der Waals surface area (Å²) >= 11 is 0. The number of rotatable bonds is 6. The lowest BCUT2D eigenvalue weighted by molar-refractivity contribution is -0.129. The predicted octanol–water partition coefficient (Wildman–Crippen LogP) is 3.93. The van der Waals surface area contributed by atoms with Gasteiger partial charge in [0.05, 0.1) is 18.5 Å². The molecule has 5 rings (SSSR count). The third-order valence-electron chi connectivity index (χ3n) is 7.21. The number of carbonyl (C=O) groups is 2. The fourth-order valence-corrected chi connectivity index (χ4v) is 5.00. The molecule has 0 bridgehead atoms. The molecule has 0 saturated carbocycles. The number of hydrogen-bond acceptors (Lipinski definition) is 5. The molecule has 0 spiro atoms. The normalized spacial score (nSPS) is 15.7. The number of piperidine rings is 1. The van der Waals surface area contributed by atoms with Crippen LogP contribution in [-0.2, 0) is 17.3 Å². The maximum atomic E-state index is 13.8. The third-order valence-corrected chi connectivity index (χ3v) is 7.21. The molecule has 0 radical (unpaired) electrons. The van der Waals surface area contributed by atoms with Crippen LogP contribution < -0.4 is 5.32 Å². The predicted molar refractivity (Wildman–Crippen MR) is 140 cm³/mol. The van der Waals surface area contributed by atoms with Gasteiger partial charge in [0.1, 0.15) is 0 Å². The Morgan fingerprint density at radius 3 is 2.11 bits per heavy atom. The lowest BCUT2D eigenvalue weighted by Gasteiger charge is -2.41. The summed E-state index contributed by atoms with van der Waals surface area (Å²) in [6.45, 7) is 2.99. The molecule has 0 unspecified atom stereocenters. The monoisotopic (exact) mass is 494 g/mol. The number of nitrogens with zero attached hydrogens (tertiary/aromatic N) is 5. The molecule has 1 aliphatic rings. The highest BCUT2D eigenvalue weighted by Crippen LogP contribution is 2.37. The number of tetrazole rings is 1. The topological polar surface area (TPSA) is 93.0 Å². The van der Waals surface area contributed by atoms with Gasteiger partial charge in [-0.3, -0.25) is 9.59 Å². The van der Waals surface area contributed by atoms with Crippen LogP contribution >= 0.6 is 0 Å². The lowest BCUT2D eigenvalue weighted by Crippen LogP contribution is -2.53. The van der Waals surface area contributed by atoms with Gasteiger partial charge in [0.2, 0.25) is 11.7 Å². The SMILES string of the molecule is C[C@H](NC(=O)C1(c2ccccc2)CCN(C(=O)c2ccc(-c3nnn(C)n3)cc2)CC1)c1ccccc1. The highest BCUT2D eigenvalue weighted by Gasteiger charge is 2.44. The maximum Gasteiger partial charge on any atom is 0.253 e. The zero-order valence-corrected chi connectivity index (χ0v) is 21.0. The van der Waals surface area contributed by atoms with Crippen molar-refractivity contribution in [3.63, 3.8) is 0 Å². The van der Waals surface area contributed by atoms with E-state index in [4.69, 9.17) is 0 Å². The van der Waals surface area contributed by atoms with Crippen LogP contribution in [0.15, 0.2) is 84.9 Å². The van der Waals surface area contributed by atoms with E-state index in [-0.39, 0.29) is 17.9 Å². The minimum absolute atomic E-state index is 0.00276. The molecule has 1 aliphatic heterocycles. The van der Waals surface area contributed by atoms with Gasteiger partial charge in [-0.1, -0.05) is 72.8 Å². The largest absolute Gasteiger partial charge is 0.349 e. The van der Waals surface area contributed by atoms with Crippen molar-refractivity contribution in [2.45, 2.75) is 31.2 Å². The zero-order valence-electron chi connectivity index (χ0n) is 21.0. The molecule has 2 heterocycles. The number of benzene rings is 3. The zero-order chi connectivity index (χ0) is 25.8. The average molecular weight is 495 g/mol. The molecule has 1 fully saturated rings. The van der Waals surface area contributed by atoms with Gasteiger partial charge in [0.15, 0.2) is 0 Å². The number of aromatic nitrogens is 4. The summed E-state index contributed by atoms with van der Waals surface area (Å²) < 4.78 is 0. The Hall–Kier alpha value is -4.33. The van der Waals surface area contributed by atoms with E-state index in [1.54, 1.807) is 19.2 Å². The van der Waals surface area contributed by atoms with Crippen LogP contribution in [0.1, 0.15) is 47.3 Å². The first kappa shape index (κ1) is 24.4. The Morgan fingerprint density at radius 2 is 1.51 bits per heavy atom. The molecule has 8 heteroatoms. The first-order valence-electron chi connectivity index (χ1n) is 12.5. The van der Waals surface area contributed by atoms with Crippen LogP contribution in [0.3, 0.4) is 0 Å². The van der Waals surface area contributed by atoms with Gasteiger partial charge in [0, 0.05) is 24.2 Å². The molecular formula is C29H30N6O2. The minimum atomic E-state index is -0.692. The van der Waals surface area contributed by atoms with E-state index in [1.807, 2.05) is 84.6 Å². The standard InChI is InChI=1S/C29H30N6O2/c1-21(22-9-5-3-6-10-22)30-28(37)29(25-11-7-4-8-12-25)17-19-35(20-18-29)27(36)24-15-13-23(14-16-24)26-31-33-34(2)32-26/h3-16,21H,17-20H2,1-2H3,(H,30,37)/t21-/m0/s1. The molecule has 2 amide bonds. The second-order valence-corrected chi connectivity index (χ2v) is 9.53. The van der Waals surface area contributed by atoms with Gasteiger partial charge in [-0.05, 0) is 48.2 Å². The molecule has 3 aromatic carbocycles. The Balaban J connectivity index is 1.31. The fraction of sp³-hybridized carbons (Fsp3) is 0.276. The van der Waals surface area contributed by atoms with E-state index in [2.05, 4.69) is 20.7 Å². The van der Waals surface area contributed by atoms with E-state index < -0.39 is 5.41 Å². The maximum absolute atomic E-state index is 13.8. The van der Waals surface area contributed by atoms with Crippen LogP contribution in [0, 0.1) is 0 Å². The van der Waals surface area contributed by atoms with Crippen molar-refractivity contribution in [1.29, 1.82) is 0 Å². The average Bonchev–Trinajstić information content (AvgIpc) is 3.40. The van der Waals surface area contributed by atoms with Crippen LogP contribution in [0.4, 0.5) is 0 Å². The van der Waals surface area contributed by atoms with Crippen LogP contribution in [0.5, 0.6) is 0 Å². The summed E-state index contributed by atoms with van der Waals surface area (Å²) in [5.74, 6) is 0.476. The van der Waals surface area contributed by atoms with E-state index in [1.165, 1.54) is 4.80 Å². The van der Waals surface area contributed by atoms with E-state index in [9.17, 15) is 9.59 Å². The van der Waals surface area contributed by atoms with Crippen molar-refractivity contribution in [2.24, 2.45) is 7.05 Å². The van der Waals surface area contributed by atoms with Crippen LogP contribution in [0.2, 0.25) is 0 Å². The second-order valence-electron chi connectivity index (χ2n) is 9.53. The first-order chi connectivity index (χ1) is 18.0. The van der Waals surface area contributed by atoms with Crippen LogP contribution in [0.25, 0.3) is 11.4 Å². The fourth-order valence-electron chi connectivity index (χ4n) is 5.00. The minimum Gasteiger partial charge on any atom is -0.349 e. The first-order valence-corrected chi connectivity index (χ1v) is 12.5. The smallest absolute Gasteiger partial charge is 0.253 e. The third kappa shape index (κ3) is 5.00. The van der Waals surface area contributed by atoms with Gasteiger partial charge in [-0.25, -0.2) is 0 Å². The molecular weight excluding hydrogens is 464 g/mol. The summed E-state index contributed by atoms with van der Waals surface area (Å²) in [4.78, 5) is 30.3. The lowest BCUT2D eigenvalue weighted by atomic mass is 9.71. The Labute approximate surface area is 216 Å². The summed E-state index contributed by atoms with van der Waals surface area (Å²) in [6.07, 6.45) is 1.11. The van der Waals surface area contributed by atoms with Gasteiger partial charge >= 0.3 is 0 Å². The molecule has 8 nitrogen and oxygen atoms in total. The molecule has 1 aromatic heterocycles. The summed E-state index contributed by atoms with van der Waals surface area (Å²) in [6, 6.07) is 27.0. The molecule has 1 atom stereocenters. The van der Waals surface area contributed by atoms with Gasteiger partial charge < -0.3 is 10.2 Å². The van der Waals surface area contributed by atoms with Crippen LogP contribution in [-0.4, -0.2) is 50.0 Å². The second kappa shape index (κ2) is 10.3. The Bertz CT molecular complexity index is 1360.